The summed E-state index contributed by atoms with van der Waals surface area (Å²) < 4.78 is 43.8. The first-order valence-corrected chi connectivity index (χ1v) is 9.92. The van der Waals surface area contributed by atoms with E-state index in [2.05, 4.69) is 14.7 Å². The number of aromatic nitrogens is 2. The van der Waals surface area contributed by atoms with Gasteiger partial charge in [0.1, 0.15) is 5.03 Å². The molecule has 2 rings (SSSR count). The minimum Gasteiger partial charge on any atom is -0.440 e. The molecule has 126 valence electrons. The highest BCUT2D eigenvalue weighted by Gasteiger charge is 2.25. The monoisotopic (exact) mass is 377 g/mol. The Bertz CT molecular complexity index is 856. The molecule has 0 saturated heterocycles. The highest BCUT2D eigenvalue weighted by atomic mass is 35.5. The molecule has 0 fully saturated rings. The lowest BCUT2D eigenvalue weighted by Gasteiger charge is -2.18. The molecule has 1 atom stereocenters. The smallest absolute Gasteiger partial charge is 0.274 e. The molecule has 0 radical (unpaired) electrons. The van der Waals surface area contributed by atoms with E-state index >= 15 is 0 Å². The number of hydrogen-bond donors (Lipinski definition) is 1. The molecular formula is C13H16ClN3O4S2. The fourth-order valence-corrected chi connectivity index (χ4v) is 4.02. The molecule has 1 N–H and O–H groups in total. The van der Waals surface area contributed by atoms with Gasteiger partial charge < -0.3 is 4.42 Å². The van der Waals surface area contributed by atoms with Gasteiger partial charge in [0.15, 0.2) is 11.6 Å². The van der Waals surface area contributed by atoms with E-state index in [1.165, 1.54) is 24.6 Å². The van der Waals surface area contributed by atoms with Gasteiger partial charge in [-0.25, -0.2) is 23.1 Å². The summed E-state index contributed by atoms with van der Waals surface area (Å²) in [5.74, 6) is 0.249. The van der Waals surface area contributed by atoms with Crippen molar-refractivity contribution in [3.63, 3.8) is 0 Å². The highest BCUT2D eigenvalue weighted by Crippen LogP contribution is 2.25. The van der Waals surface area contributed by atoms with Crippen molar-refractivity contribution in [1.29, 1.82) is 0 Å². The fraction of sp³-hybridized carbons (Fsp3) is 0.385. The fourth-order valence-electron chi connectivity index (χ4n) is 1.71. The largest absolute Gasteiger partial charge is 0.440 e. The molecule has 0 aliphatic heterocycles. The number of halogens is 1. The van der Waals surface area contributed by atoms with E-state index in [0.29, 0.717) is 0 Å². The summed E-state index contributed by atoms with van der Waals surface area (Å²) in [6.07, 6.45) is 2.73. The van der Waals surface area contributed by atoms with Crippen LogP contribution in [0.15, 0.2) is 32.9 Å². The normalized spacial score (nSPS) is 14.0. The Labute approximate surface area is 142 Å². The van der Waals surface area contributed by atoms with Crippen molar-refractivity contribution in [3.05, 3.63) is 23.4 Å². The SMILES string of the molecule is CS(=O)c1nc(-c2ccc(S(=O)(=O)NC(C)(C)C)o2)ncc1Cl. The molecule has 2 aromatic heterocycles. The third-order valence-electron chi connectivity index (χ3n) is 2.49. The second kappa shape index (κ2) is 6.31. The van der Waals surface area contributed by atoms with E-state index in [9.17, 15) is 12.6 Å². The van der Waals surface area contributed by atoms with Gasteiger partial charge >= 0.3 is 0 Å². The first-order chi connectivity index (χ1) is 10.5. The van der Waals surface area contributed by atoms with E-state index < -0.39 is 26.4 Å². The molecular weight excluding hydrogens is 362 g/mol. The maximum atomic E-state index is 12.2. The lowest BCUT2D eigenvalue weighted by atomic mass is 10.1. The molecule has 23 heavy (non-hydrogen) atoms. The van der Waals surface area contributed by atoms with E-state index in [1.54, 1.807) is 20.8 Å². The van der Waals surface area contributed by atoms with Gasteiger partial charge in [-0.05, 0) is 32.9 Å². The Balaban J connectivity index is 2.40. The van der Waals surface area contributed by atoms with Crippen LogP contribution in [-0.4, -0.2) is 34.4 Å². The lowest BCUT2D eigenvalue weighted by Crippen LogP contribution is -2.40. The predicted octanol–water partition coefficient (Wildman–Crippen LogP) is 2.20. The highest BCUT2D eigenvalue weighted by molar-refractivity contribution is 7.89. The number of nitrogens with zero attached hydrogens (tertiary/aromatic N) is 2. The Kier molecular flexibility index (Phi) is 4.95. The van der Waals surface area contributed by atoms with Crippen molar-refractivity contribution in [1.82, 2.24) is 14.7 Å². The van der Waals surface area contributed by atoms with Crippen molar-refractivity contribution >= 4 is 32.4 Å². The van der Waals surface area contributed by atoms with Crippen molar-refractivity contribution < 1.29 is 17.0 Å². The van der Waals surface area contributed by atoms with Crippen LogP contribution in [-0.2, 0) is 20.8 Å². The van der Waals surface area contributed by atoms with Crippen molar-refractivity contribution in [2.75, 3.05) is 6.26 Å². The van der Waals surface area contributed by atoms with E-state index in [1.807, 2.05) is 0 Å². The molecule has 7 nitrogen and oxygen atoms in total. The first-order valence-electron chi connectivity index (χ1n) is 6.50. The van der Waals surface area contributed by atoms with Gasteiger partial charge in [-0.1, -0.05) is 11.6 Å². The van der Waals surface area contributed by atoms with Crippen LogP contribution in [0, 0.1) is 0 Å². The summed E-state index contributed by atoms with van der Waals surface area (Å²) in [6.45, 7) is 5.17. The van der Waals surface area contributed by atoms with Gasteiger partial charge in [0.25, 0.3) is 10.0 Å². The van der Waals surface area contributed by atoms with Crippen molar-refractivity contribution in [3.8, 4) is 11.6 Å². The van der Waals surface area contributed by atoms with Crippen LogP contribution in [0.5, 0.6) is 0 Å². The van der Waals surface area contributed by atoms with Gasteiger partial charge in [0, 0.05) is 11.8 Å². The average Bonchev–Trinajstić information content (AvgIpc) is 2.86. The van der Waals surface area contributed by atoms with E-state index in [4.69, 9.17) is 16.0 Å². The van der Waals surface area contributed by atoms with Crippen LogP contribution in [0.3, 0.4) is 0 Å². The number of rotatable bonds is 4. The van der Waals surface area contributed by atoms with Gasteiger partial charge in [0.05, 0.1) is 22.0 Å². The van der Waals surface area contributed by atoms with Gasteiger partial charge in [0.2, 0.25) is 5.09 Å². The molecule has 10 heteroatoms. The summed E-state index contributed by atoms with van der Waals surface area (Å²) in [4.78, 5) is 8.03. The zero-order valence-corrected chi connectivity index (χ0v) is 15.3. The van der Waals surface area contributed by atoms with E-state index in [-0.39, 0.29) is 26.7 Å². The summed E-state index contributed by atoms with van der Waals surface area (Å²) in [5.41, 5.74) is -0.644. The lowest BCUT2D eigenvalue weighted by molar-refractivity contribution is 0.434. The molecule has 2 heterocycles. The standard InChI is InChI=1S/C13H16ClN3O4S2/c1-13(2,3)17-23(19,20)10-6-5-9(21-10)11-15-7-8(14)12(16-11)22(4)18/h5-7,17H,1-4H3. The molecule has 2 aromatic rings. The molecule has 0 aromatic carbocycles. The first kappa shape index (κ1) is 18.1. The zero-order chi connectivity index (χ0) is 17.4. The van der Waals surface area contributed by atoms with Crippen LogP contribution < -0.4 is 4.72 Å². The molecule has 1 unspecified atom stereocenters. The van der Waals surface area contributed by atoms with Crippen LogP contribution in [0.25, 0.3) is 11.6 Å². The Morgan fingerprint density at radius 1 is 1.30 bits per heavy atom. The van der Waals surface area contributed by atoms with Crippen LogP contribution >= 0.6 is 11.6 Å². The maximum Gasteiger partial charge on any atom is 0.274 e. The predicted molar refractivity (Wildman–Crippen MR) is 87.2 cm³/mol. The minimum atomic E-state index is -3.80. The third kappa shape index (κ3) is 4.37. The average molecular weight is 378 g/mol. The van der Waals surface area contributed by atoms with Gasteiger partial charge in [-0.15, -0.1) is 0 Å². The molecule has 0 amide bonds. The van der Waals surface area contributed by atoms with Crippen LogP contribution in [0.4, 0.5) is 0 Å². The van der Waals surface area contributed by atoms with Crippen LogP contribution in [0.1, 0.15) is 20.8 Å². The summed E-state index contributed by atoms with van der Waals surface area (Å²) in [7, 11) is -5.20. The summed E-state index contributed by atoms with van der Waals surface area (Å²) >= 11 is 5.87. The Morgan fingerprint density at radius 2 is 1.96 bits per heavy atom. The Hall–Kier alpha value is -1.29. The summed E-state index contributed by atoms with van der Waals surface area (Å²) in [6, 6.07) is 2.74. The number of nitrogens with one attached hydrogen (secondary N) is 1. The molecule has 0 aliphatic rings. The minimum absolute atomic E-state index is 0.108. The molecule has 0 saturated carbocycles. The van der Waals surface area contributed by atoms with Crippen LogP contribution in [0.2, 0.25) is 5.02 Å². The van der Waals surface area contributed by atoms with Crippen molar-refractivity contribution in [2.24, 2.45) is 0 Å². The summed E-state index contributed by atoms with van der Waals surface area (Å²) in [5, 5.41) is 0.0776. The van der Waals surface area contributed by atoms with Crippen molar-refractivity contribution in [2.45, 2.75) is 36.4 Å². The molecule has 0 aliphatic carbocycles. The third-order valence-corrected chi connectivity index (χ3v) is 5.37. The number of sulfonamides is 1. The molecule has 0 bridgehead atoms. The zero-order valence-electron chi connectivity index (χ0n) is 13.0. The molecule has 0 spiro atoms. The second-order valence-electron chi connectivity index (χ2n) is 5.78. The van der Waals surface area contributed by atoms with Gasteiger partial charge in [-0.3, -0.25) is 4.21 Å². The Morgan fingerprint density at radius 3 is 2.52 bits per heavy atom. The topological polar surface area (TPSA) is 102 Å². The second-order valence-corrected chi connectivity index (χ2v) is 9.09. The van der Waals surface area contributed by atoms with E-state index in [0.717, 1.165) is 0 Å². The number of hydrogen-bond acceptors (Lipinski definition) is 6. The quantitative estimate of drug-likeness (QED) is 0.819. The maximum absolute atomic E-state index is 12.2. The van der Waals surface area contributed by atoms with Gasteiger partial charge in [-0.2, -0.15) is 0 Å². The number of furan rings is 1.